The maximum atomic E-state index is 13.4. The molecule has 0 bridgehead atoms. The lowest BCUT2D eigenvalue weighted by atomic mass is 10.1. The number of halogens is 8. The molecule has 0 spiro atoms. The molecule has 0 saturated heterocycles. The van der Waals surface area contributed by atoms with Crippen molar-refractivity contribution in [1.29, 1.82) is 0 Å². The van der Waals surface area contributed by atoms with Gasteiger partial charge in [0.2, 0.25) is 0 Å². The first-order valence-corrected chi connectivity index (χ1v) is 4.84. The van der Waals surface area contributed by atoms with Crippen LogP contribution in [0.15, 0.2) is 24.3 Å². The molecule has 1 rings (SSSR count). The monoisotopic (exact) mass is 296 g/mol. The zero-order valence-electron chi connectivity index (χ0n) is 7.83. The Morgan fingerprint density at radius 3 is 1.71 bits per heavy atom. The van der Waals surface area contributed by atoms with E-state index in [2.05, 4.69) is 11.6 Å². The van der Waals surface area contributed by atoms with Crippen LogP contribution in [0.1, 0.15) is 11.1 Å². The zero-order chi connectivity index (χ0) is 13.5. The largest absolute Gasteiger partial charge is 0.416 e. The van der Waals surface area contributed by atoms with Crippen molar-refractivity contribution in [3.8, 4) is 0 Å². The molecule has 8 heteroatoms. The maximum absolute atomic E-state index is 13.4. The standard InChI is InChI=1S/C9H4Cl2F6/c10-7(12,9(11,16)17)5-2-1-3-6(4-5)8(13,14)15/h1-4H. The average Bonchev–Trinajstić information content (AvgIpc) is 2.15. The Morgan fingerprint density at radius 2 is 1.29 bits per heavy atom. The molecule has 96 valence electrons. The van der Waals surface area contributed by atoms with Crippen LogP contribution < -0.4 is 0 Å². The van der Waals surface area contributed by atoms with Gasteiger partial charge in [-0.15, -0.1) is 0 Å². The molecular formula is C9H4Cl2F6. The number of benzene rings is 1. The van der Waals surface area contributed by atoms with E-state index in [9.17, 15) is 26.3 Å². The van der Waals surface area contributed by atoms with Crippen LogP contribution in [0, 0.1) is 0 Å². The van der Waals surface area contributed by atoms with Crippen molar-refractivity contribution in [2.24, 2.45) is 0 Å². The van der Waals surface area contributed by atoms with Crippen LogP contribution in [0.25, 0.3) is 0 Å². The van der Waals surface area contributed by atoms with Gasteiger partial charge in [0.15, 0.2) is 0 Å². The van der Waals surface area contributed by atoms with Gasteiger partial charge in [-0.3, -0.25) is 0 Å². The summed E-state index contributed by atoms with van der Waals surface area (Å²) in [7, 11) is 0. The van der Waals surface area contributed by atoms with E-state index in [4.69, 9.17) is 11.6 Å². The highest BCUT2D eigenvalue weighted by Crippen LogP contribution is 2.48. The molecule has 0 saturated carbocycles. The lowest BCUT2D eigenvalue weighted by Crippen LogP contribution is -2.31. The molecule has 0 aliphatic carbocycles. The van der Waals surface area contributed by atoms with Crippen molar-refractivity contribution in [2.45, 2.75) is 16.7 Å². The quantitative estimate of drug-likeness (QED) is 0.538. The van der Waals surface area contributed by atoms with Crippen LogP contribution in [0.3, 0.4) is 0 Å². The van der Waals surface area contributed by atoms with E-state index < -0.39 is 27.8 Å². The van der Waals surface area contributed by atoms with E-state index in [1.807, 2.05) is 0 Å². The second kappa shape index (κ2) is 4.24. The van der Waals surface area contributed by atoms with E-state index in [1.54, 1.807) is 0 Å². The molecule has 1 aromatic carbocycles. The summed E-state index contributed by atoms with van der Waals surface area (Å²) in [5.41, 5.74) is -2.35. The summed E-state index contributed by atoms with van der Waals surface area (Å²) >= 11 is 9.25. The third-order valence-electron chi connectivity index (χ3n) is 1.91. The van der Waals surface area contributed by atoms with Gasteiger partial charge < -0.3 is 0 Å². The summed E-state index contributed by atoms with van der Waals surface area (Å²) in [5.74, 6) is 0. The van der Waals surface area contributed by atoms with Crippen molar-refractivity contribution >= 4 is 23.2 Å². The number of hydrogen-bond acceptors (Lipinski definition) is 0. The Labute approximate surface area is 102 Å². The Morgan fingerprint density at radius 1 is 0.824 bits per heavy atom. The molecule has 0 radical (unpaired) electrons. The van der Waals surface area contributed by atoms with Crippen LogP contribution >= 0.6 is 23.2 Å². The Balaban J connectivity index is 3.26. The fourth-order valence-electron chi connectivity index (χ4n) is 1.05. The maximum Gasteiger partial charge on any atom is 0.416 e. The first-order chi connectivity index (χ1) is 7.46. The highest BCUT2D eigenvalue weighted by atomic mass is 35.5. The lowest BCUT2D eigenvalue weighted by molar-refractivity contribution is -0.137. The van der Waals surface area contributed by atoms with Gasteiger partial charge >= 0.3 is 11.6 Å². The van der Waals surface area contributed by atoms with Gasteiger partial charge in [-0.05, 0) is 23.7 Å². The SMILES string of the molecule is FC(F)(F)c1cccc(C(F)(Cl)C(F)(F)Cl)c1. The number of hydrogen-bond donors (Lipinski definition) is 0. The highest BCUT2D eigenvalue weighted by Gasteiger charge is 2.54. The van der Waals surface area contributed by atoms with Gasteiger partial charge in [0.25, 0.3) is 5.13 Å². The predicted octanol–water partition coefficient (Wildman–Crippen LogP) is 4.90. The van der Waals surface area contributed by atoms with Gasteiger partial charge in [0.05, 0.1) is 5.56 Å². The minimum absolute atomic E-state index is 0.184. The fourth-order valence-corrected chi connectivity index (χ4v) is 1.28. The molecule has 0 nitrogen and oxygen atoms in total. The minimum Gasteiger partial charge on any atom is -0.212 e. The van der Waals surface area contributed by atoms with Crippen LogP contribution in [-0.4, -0.2) is 5.38 Å². The molecule has 17 heavy (non-hydrogen) atoms. The van der Waals surface area contributed by atoms with Crippen molar-refractivity contribution in [3.05, 3.63) is 35.4 Å². The Bertz CT molecular complexity index is 407. The van der Waals surface area contributed by atoms with Crippen molar-refractivity contribution in [3.63, 3.8) is 0 Å². The normalized spacial score (nSPS) is 16.7. The van der Waals surface area contributed by atoms with Crippen molar-refractivity contribution in [2.75, 3.05) is 0 Å². The summed E-state index contributed by atoms with van der Waals surface area (Å²) < 4.78 is 75.4. The second-order valence-corrected chi connectivity index (χ2v) is 4.15. The highest BCUT2D eigenvalue weighted by molar-refractivity contribution is 6.32. The van der Waals surface area contributed by atoms with Gasteiger partial charge in [-0.1, -0.05) is 23.7 Å². The second-order valence-electron chi connectivity index (χ2n) is 3.15. The molecule has 0 N–H and O–H groups in total. The van der Waals surface area contributed by atoms with Gasteiger partial charge in [-0.2, -0.15) is 22.0 Å². The molecule has 0 fully saturated rings. The molecular weight excluding hydrogens is 293 g/mol. The van der Waals surface area contributed by atoms with Crippen molar-refractivity contribution in [1.82, 2.24) is 0 Å². The third-order valence-corrected chi connectivity index (χ3v) is 2.72. The summed E-state index contributed by atoms with van der Waals surface area (Å²) in [6, 6.07) is 2.24. The number of alkyl halides is 8. The first-order valence-electron chi connectivity index (χ1n) is 4.08. The van der Waals surface area contributed by atoms with E-state index in [0.717, 1.165) is 6.07 Å². The molecule has 1 unspecified atom stereocenters. The smallest absolute Gasteiger partial charge is 0.212 e. The summed E-state index contributed by atoms with van der Waals surface area (Å²) in [4.78, 5) is 0. The molecule has 0 amide bonds. The van der Waals surface area contributed by atoms with E-state index in [0.29, 0.717) is 12.1 Å². The van der Waals surface area contributed by atoms with Gasteiger partial charge in [0.1, 0.15) is 0 Å². The predicted molar refractivity (Wildman–Crippen MR) is 50.9 cm³/mol. The van der Waals surface area contributed by atoms with Gasteiger partial charge in [0, 0.05) is 5.56 Å². The minimum atomic E-state index is -4.79. The number of rotatable bonds is 2. The average molecular weight is 297 g/mol. The van der Waals surface area contributed by atoms with Crippen molar-refractivity contribution < 1.29 is 26.3 Å². The molecule has 1 aromatic rings. The topological polar surface area (TPSA) is 0 Å². The molecule has 0 aliphatic rings. The zero-order valence-corrected chi connectivity index (χ0v) is 9.34. The summed E-state index contributed by atoms with van der Waals surface area (Å²) in [6.45, 7) is 0. The summed E-state index contributed by atoms with van der Waals surface area (Å²) in [6.07, 6.45) is -4.79. The van der Waals surface area contributed by atoms with E-state index in [-0.39, 0.29) is 6.07 Å². The van der Waals surface area contributed by atoms with Crippen LogP contribution in [0.2, 0.25) is 0 Å². The molecule has 1 atom stereocenters. The van der Waals surface area contributed by atoms with Crippen LogP contribution in [-0.2, 0) is 11.3 Å². The molecule has 0 heterocycles. The van der Waals surface area contributed by atoms with E-state index >= 15 is 0 Å². The van der Waals surface area contributed by atoms with E-state index in [1.165, 1.54) is 0 Å². The fraction of sp³-hybridized carbons (Fsp3) is 0.333. The first kappa shape index (κ1) is 14.4. The van der Waals surface area contributed by atoms with Crippen LogP contribution in [0.5, 0.6) is 0 Å². The Hall–Kier alpha value is -0.620. The van der Waals surface area contributed by atoms with Crippen LogP contribution in [0.4, 0.5) is 26.3 Å². The third kappa shape index (κ3) is 2.98. The Kier molecular flexibility index (Phi) is 3.60. The molecule has 0 aliphatic heterocycles. The van der Waals surface area contributed by atoms with Gasteiger partial charge in [-0.25, -0.2) is 4.39 Å². The summed E-state index contributed by atoms with van der Waals surface area (Å²) in [5, 5.41) is -8.44. The lowest BCUT2D eigenvalue weighted by Gasteiger charge is -2.23. The molecule has 0 aromatic heterocycles.